The highest BCUT2D eigenvalue weighted by Crippen LogP contribution is 2.22. The van der Waals surface area contributed by atoms with E-state index in [0.717, 1.165) is 19.2 Å². The van der Waals surface area contributed by atoms with Crippen LogP contribution in [0.5, 0.6) is 0 Å². The maximum absolute atomic E-state index is 12.7. The van der Waals surface area contributed by atoms with E-state index in [4.69, 9.17) is 0 Å². The topological polar surface area (TPSA) is 93.8 Å². The Balaban J connectivity index is 2.80. The van der Waals surface area contributed by atoms with E-state index < -0.39 is 35.6 Å². The fraction of sp³-hybridized carbons (Fsp3) is 0.333. The zero-order valence-electron chi connectivity index (χ0n) is 11.4. The summed E-state index contributed by atoms with van der Waals surface area (Å²) in [6.07, 6.45) is -5.81. The lowest BCUT2D eigenvalue weighted by atomic mass is 10.2. The standard InChI is InChI=1S/C12H12F3N3O4/c1-22-11(19)7-6-10(12(13,14)15)17-16-8-2-4-9(5-3-8)18(20)21/h2-5,16H,6-7H2,1H3/b17-10+. The number of hydrogen-bond acceptors (Lipinski definition) is 6. The fourth-order valence-corrected chi connectivity index (χ4v) is 1.37. The molecule has 1 rings (SSSR count). The van der Waals surface area contributed by atoms with Crippen molar-refractivity contribution >= 4 is 23.1 Å². The van der Waals surface area contributed by atoms with Crippen molar-refractivity contribution in [1.29, 1.82) is 0 Å². The molecule has 0 unspecified atom stereocenters. The van der Waals surface area contributed by atoms with Crippen LogP contribution in [0.25, 0.3) is 0 Å². The van der Waals surface area contributed by atoms with Crippen LogP contribution >= 0.6 is 0 Å². The van der Waals surface area contributed by atoms with Crippen molar-refractivity contribution in [3.05, 3.63) is 34.4 Å². The van der Waals surface area contributed by atoms with E-state index in [-0.39, 0.29) is 11.4 Å². The molecule has 0 aliphatic carbocycles. The number of ether oxygens (including phenoxy) is 1. The number of hydrogen-bond donors (Lipinski definition) is 1. The summed E-state index contributed by atoms with van der Waals surface area (Å²) >= 11 is 0. The zero-order valence-corrected chi connectivity index (χ0v) is 11.4. The Labute approximate surface area is 122 Å². The molecule has 1 aromatic rings. The lowest BCUT2D eigenvalue weighted by molar-refractivity contribution is -0.384. The summed E-state index contributed by atoms with van der Waals surface area (Å²) in [6, 6.07) is 4.69. The number of nitro groups is 1. The minimum Gasteiger partial charge on any atom is -0.469 e. The number of hydrazone groups is 1. The molecule has 0 radical (unpaired) electrons. The van der Waals surface area contributed by atoms with E-state index >= 15 is 0 Å². The number of carbonyl (C=O) groups excluding carboxylic acids is 1. The van der Waals surface area contributed by atoms with Gasteiger partial charge in [0.25, 0.3) is 5.69 Å². The van der Waals surface area contributed by atoms with Gasteiger partial charge in [-0.25, -0.2) is 0 Å². The molecule has 0 aromatic heterocycles. The van der Waals surface area contributed by atoms with Crippen molar-refractivity contribution in [2.24, 2.45) is 5.10 Å². The molecule has 0 aliphatic heterocycles. The number of nitrogens with zero attached hydrogens (tertiary/aromatic N) is 2. The molecule has 0 spiro atoms. The number of halogens is 3. The SMILES string of the molecule is COC(=O)CC/C(=N\Nc1ccc([N+](=O)[O-])cc1)C(F)(F)F. The summed E-state index contributed by atoms with van der Waals surface area (Å²) < 4.78 is 42.5. The molecule has 1 aromatic carbocycles. The van der Waals surface area contributed by atoms with Crippen molar-refractivity contribution in [2.45, 2.75) is 19.0 Å². The predicted octanol–water partition coefficient (Wildman–Crippen LogP) is 2.88. The molecule has 7 nitrogen and oxygen atoms in total. The number of benzene rings is 1. The molecule has 22 heavy (non-hydrogen) atoms. The van der Waals surface area contributed by atoms with Crippen molar-refractivity contribution in [3.63, 3.8) is 0 Å². The van der Waals surface area contributed by atoms with E-state index in [0.29, 0.717) is 0 Å². The van der Waals surface area contributed by atoms with Gasteiger partial charge in [0.1, 0.15) is 5.71 Å². The second kappa shape index (κ2) is 7.38. The summed E-state index contributed by atoms with van der Waals surface area (Å²) in [5.74, 6) is -0.785. The lowest BCUT2D eigenvalue weighted by Gasteiger charge is -2.10. The molecule has 120 valence electrons. The van der Waals surface area contributed by atoms with Crippen LogP contribution in [0.4, 0.5) is 24.5 Å². The Hall–Kier alpha value is -2.65. The highest BCUT2D eigenvalue weighted by atomic mass is 19.4. The second-order valence-electron chi connectivity index (χ2n) is 4.05. The number of nitro benzene ring substituents is 1. The van der Waals surface area contributed by atoms with Gasteiger partial charge in [0.15, 0.2) is 0 Å². The van der Waals surface area contributed by atoms with Crippen LogP contribution in [0.2, 0.25) is 0 Å². The van der Waals surface area contributed by atoms with E-state index in [2.05, 4.69) is 15.3 Å². The highest BCUT2D eigenvalue weighted by Gasteiger charge is 2.36. The predicted molar refractivity (Wildman–Crippen MR) is 71.5 cm³/mol. The number of methoxy groups -OCH3 is 1. The van der Waals surface area contributed by atoms with E-state index in [9.17, 15) is 28.1 Å². The third kappa shape index (κ3) is 5.38. The van der Waals surface area contributed by atoms with Crippen molar-refractivity contribution < 1.29 is 27.6 Å². The van der Waals surface area contributed by atoms with Crippen LogP contribution in [0.1, 0.15) is 12.8 Å². The van der Waals surface area contributed by atoms with Crippen molar-refractivity contribution in [2.75, 3.05) is 12.5 Å². The Morgan fingerprint density at radius 1 is 1.32 bits per heavy atom. The number of carbonyl (C=O) groups is 1. The molecule has 10 heteroatoms. The molecule has 0 fully saturated rings. The quantitative estimate of drug-likeness (QED) is 0.376. The average Bonchev–Trinajstić information content (AvgIpc) is 2.45. The first-order valence-corrected chi connectivity index (χ1v) is 5.95. The molecule has 0 heterocycles. The maximum atomic E-state index is 12.7. The van der Waals surface area contributed by atoms with Gasteiger partial charge in [-0.3, -0.25) is 20.3 Å². The van der Waals surface area contributed by atoms with Gasteiger partial charge in [-0.15, -0.1) is 0 Å². The number of nitrogens with one attached hydrogen (secondary N) is 1. The largest absolute Gasteiger partial charge is 0.469 e. The monoisotopic (exact) mass is 319 g/mol. The first-order chi connectivity index (χ1) is 10.2. The fourth-order valence-electron chi connectivity index (χ4n) is 1.37. The summed E-state index contributed by atoms with van der Waals surface area (Å²) in [4.78, 5) is 20.7. The van der Waals surface area contributed by atoms with Crippen molar-refractivity contribution in [1.82, 2.24) is 0 Å². The van der Waals surface area contributed by atoms with E-state index in [1.807, 2.05) is 0 Å². The Kier molecular flexibility index (Phi) is 5.84. The molecule has 0 saturated heterocycles. The minimum absolute atomic E-state index is 0.144. The molecular formula is C12H12F3N3O4. The van der Waals surface area contributed by atoms with Crippen molar-refractivity contribution in [3.8, 4) is 0 Å². The van der Waals surface area contributed by atoms with Crippen LogP contribution in [-0.2, 0) is 9.53 Å². The Morgan fingerprint density at radius 2 is 1.91 bits per heavy atom. The molecule has 0 bridgehead atoms. The maximum Gasteiger partial charge on any atom is 0.431 e. The number of esters is 1. The minimum atomic E-state index is -4.71. The van der Waals surface area contributed by atoms with Gasteiger partial charge in [-0.2, -0.15) is 18.3 Å². The number of rotatable bonds is 6. The number of anilines is 1. The Bertz CT molecular complexity index is 570. The number of alkyl halides is 3. The van der Waals surface area contributed by atoms with Crippen LogP contribution in [0.15, 0.2) is 29.4 Å². The van der Waals surface area contributed by atoms with Gasteiger partial charge in [-0.1, -0.05) is 0 Å². The second-order valence-corrected chi connectivity index (χ2v) is 4.05. The van der Waals surface area contributed by atoms with Gasteiger partial charge < -0.3 is 4.74 Å². The molecule has 0 atom stereocenters. The molecule has 0 saturated carbocycles. The third-order valence-electron chi connectivity index (χ3n) is 2.52. The van der Waals surface area contributed by atoms with Gasteiger partial charge in [-0.05, 0) is 12.1 Å². The summed E-state index contributed by atoms with van der Waals surface area (Å²) in [7, 11) is 1.07. The molecule has 1 N–H and O–H groups in total. The highest BCUT2D eigenvalue weighted by molar-refractivity contribution is 5.92. The van der Waals surface area contributed by atoms with Crippen LogP contribution in [0, 0.1) is 10.1 Å². The average molecular weight is 319 g/mol. The summed E-state index contributed by atoms with van der Waals surface area (Å²) in [6.45, 7) is 0. The number of non-ortho nitro benzene ring substituents is 1. The van der Waals surface area contributed by atoms with Crippen LogP contribution < -0.4 is 5.43 Å². The van der Waals surface area contributed by atoms with E-state index in [1.165, 1.54) is 12.1 Å². The molecule has 0 amide bonds. The van der Waals surface area contributed by atoms with Gasteiger partial charge in [0.2, 0.25) is 0 Å². The van der Waals surface area contributed by atoms with Crippen LogP contribution in [-0.4, -0.2) is 29.9 Å². The van der Waals surface area contributed by atoms with Gasteiger partial charge in [0.05, 0.1) is 24.1 Å². The Morgan fingerprint density at radius 3 is 2.36 bits per heavy atom. The van der Waals surface area contributed by atoms with Gasteiger partial charge >= 0.3 is 12.1 Å². The normalized spacial score (nSPS) is 11.9. The summed E-state index contributed by atoms with van der Waals surface area (Å²) in [5.41, 5.74) is 0.914. The third-order valence-corrected chi connectivity index (χ3v) is 2.52. The smallest absolute Gasteiger partial charge is 0.431 e. The summed E-state index contributed by atoms with van der Waals surface area (Å²) in [5, 5.41) is 13.7. The van der Waals surface area contributed by atoms with Crippen LogP contribution in [0.3, 0.4) is 0 Å². The first-order valence-electron chi connectivity index (χ1n) is 5.95. The molecule has 0 aliphatic rings. The lowest BCUT2D eigenvalue weighted by Crippen LogP contribution is -2.25. The van der Waals surface area contributed by atoms with Gasteiger partial charge in [0, 0.05) is 18.6 Å². The molecular weight excluding hydrogens is 307 g/mol. The zero-order chi connectivity index (χ0) is 16.8. The van der Waals surface area contributed by atoms with E-state index in [1.54, 1.807) is 0 Å². The first kappa shape index (κ1) is 17.4.